The van der Waals surface area contributed by atoms with Crippen LogP contribution in [0.2, 0.25) is 0 Å². The van der Waals surface area contributed by atoms with E-state index in [1.807, 2.05) is 6.07 Å². The van der Waals surface area contributed by atoms with E-state index >= 15 is 0 Å². The van der Waals surface area contributed by atoms with Crippen molar-refractivity contribution < 1.29 is 9.84 Å². The molecule has 0 saturated carbocycles. The number of halogens is 1. The van der Waals surface area contributed by atoms with Crippen LogP contribution in [0.5, 0.6) is 0 Å². The molecular weight excluding hydrogens is 267 g/mol. The zero-order valence-electron chi connectivity index (χ0n) is 6.51. The van der Waals surface area contributed by atoms with E-state index in [9.17, 15) is 0 Å². The second-order valence-electron chi connectivity index (χ2n) is 2.86. The Hall–Kier alpha value is -0.130. The number of rotatable bonds is 1. The number of aliphatic hydroxyl groups is 1. The van der Waals surface area contributed by atoms with Gasteiger partial charge in [0, 0.05) is 3.57 Å². The van der Waals surface area contributed by atoms with Gasteiger partial charge in [0.25, 0.3) is 0 Å². The third-order valence-electron chi connectivity index (χ3n) is 2.05. The fraction of sp³-hybridized carbons (Fsp3) is 0.333. The molecule has 0 fully saturated rings. The molecule has 0 amide bonds. The van der Waals surface area contributed by atoms with Gasteiger partial charge in [-0.25, -0.2) is 0 Å². The zero-order chi connectivity index (χ0) is 8.55. The molecule has 1 aliphatic rings. The molecule has 0 radical (unpaired) electrons. The van der Waals surface area contributed by atoms with Crippen molar-refractivity contribution in [2.45, 2.75) is 19.8 Å². The summed E-state index contributed by atoms with van der Waals surface area (Å²) in [5.41, 5.74) is 3.48. The van der Waals surface area contributed by atoms with Crippen LogP contribution in [-0.2, 0) is 24.6 Å². The quantitative estimate of drug-likeness (QED) is 0.793. The molecule has 2 nitrogen and oxygen atoms in total. The van der Waals surface area contributed by atoms with Crippen molar-refractivity contribution in [3.8, 4) is 0 Å². The van der Waals surface area contributed by atoms with E-state index in [0.717, 1.165) is 15.7 Å². The van der Waals surface area contributed by atoms with Gasteiger partial charge in [0.15, 0.2) is 0 Å². The van der Waals surface area contributed by atoms with Gasteiger partial charge in [0.1, 0.15) is 0 Å². The molecular formula is C9H9IO2. The van der Waals surface area contributed by atoms with E-state index in [2.05, 4.69) is 28.7 Å². The summed E-state index contributed by atoms with van der Waals surface area (Å²) in [4.78, 5) is 0. The summed E-state index contributed by atoms with van der Waals surface area (Å²) in [5, 5.41) is 9.00. The van der Waals surface area contributed by atoms with Crippen LogP contribution in [0.1, 0.15) is 16.7 Å². The zero-order valence-corrected chi connectivity index (χ0v) is 8.67. The van der Waals surface area contributed by atoms with E-state index in [1.165, 1.54) is 11.1 Å². The summed E-state index contributed by atoms with van der Waals surface area (Å²) >= 11 is 2.24. The van der Waals surface area contributed by atoms with Crippen LogP contribution >= 0.6 is 22.6 Å². The van der Waals surface area contributed by atoms with Gasteiger partial charge in [0.2, 0.25) is 0 Å². The minimum absolute atomic E-state index is 0.117. The summed E-state index contributed by atoms with van der Waals surface area (Å²) in [5.74, 6) is 0. The molecule has 12 heavy (non-hydrogen) atoms. The smallest absolute Gasteiger partial charge is 0.0725 e. The van der Waals surface area contributed by atoms with Crippen molar-refractivity contribution in [3.05, 3.63) is 32.4 Å². The molecule has 0 spiro atoms. The van der Waals surface area contributed by atoms with Crippen molar-refractivity contribution >= 4 is 22.6 Å². The van der Waals surface area contributed by atoms with Gasteiger partial charge in [-0.1, -0.05) is 0 Å². The van der Waals surface area contributed by atoms with Gasteiger partial charge >= 0.3 is 0 Å². The van der Waals surface area contributed by atoms with Crippen LogP contribution in [0, 0.1) is 3.57 Å². The minimum Gasteiger partial charge on any atom is -0.392 e. The Bertz CT molecular complexity index is 309. The molecule has 0 atom stereocenters. The van der Waals surface area contributed by atoms with E-state index in [-0.39, 0.29) is 6.61 Å². The summed E-state index contributed by atoms with van der Waals surface area (Å²) in [6, 6.07) is 4.12. The second-order valence-corrected chi connectivity index (χ2v) is 4.03. The van der Waals surface area contributed by atoms with Gasteiger partial charge in [0.05, 0.1) is 19.8 Å². The lowest BCUT2D eigenvalue weighted by molar-refractivity contribution is 0.134. The Morgan fingerprint density at radius 1 is 1.33 bits per heavy atom. The van der Waals surface area contributed by atoms with E-state index < -0.39 is 0 Å². The molecule has 0 saturated heterocycles. The van der Waals surface area contributed by atoms with Gasteiger partial charge in [-0.2, -0.15) is 0 Å². The number of hydrogen-bond acceptors (Lipinski definition) is 2. The number of fused-ring (bicyclic) bond motifs is 1. The van der Waals surface area contributed by atoms with Crippen LogP contribution in [0.15, 0.2) is 12.1 Å². The highest BCUT2D eigenvalue weighted by atomic mass is 127. The average Bonchev–Trinajstić information content (AvgIpc) is 2.49. The lowest BCUT2D eigenvalue weighted by atomic mass is 10.1. The van der Waals surface area contributed by atoms with Gasteiger partial charge in [-0.3, -0.25) is 0 Å². The first kappa shape index (κ1) is 8.47. The van der Waals surface area contributed by atoms with Crippen molar-refractivity contribution in [2.75, 3.05) is 0 Å². The first-order chi connectivity index (χ1) is 5.81. The SMILES string of the molecule is OCc1cc2c(cc1I)COC2. The standard InChI is InChI=1S/C9H9IO2/c10-9-2-8-5-12-4-7(8)1-6(9)3-11/h1-2,11H,3-5H2. The Morgan fingerprint density at radius 3 is 2.67 bits per heavy atom. The van der Waals surface area contributed by atoms with E-state index in [4.69, 9.17) is 9.84 Å². The molecule has 0 aliphatic carbocycles. The topological polar surface area (TPSA) is 29.5 Å². The summed E-state index contributed by atoms with van der Waals surface area (Å²) < 4.78 is 6.41. The highest BCUT2D eigenvalue weighted by Gasteiger charge is 2.13. The molecule has 3 heteroatoms. The van der Waals surface area contributed by atoms with E-state index in [0.29, 0.717) is 6.61 Å². The van der Waals surface area contributed by atoms with Crippen LogP contribution in [0.25, 0.3) is 0 Å². The van der Waals surface area contributed by atoms with Crippen molar-refractivity contribution in [3.63, 3.8) is 0 Å². The maximum atomic E-state index is 9.00. The Labute approximate surface area is 84.7 Å². The summed E-state index contributed by atoms with van der Waals surface area (Å²) in [6.45, 7) is 1.53. The van der Waals surface area contributed by atoms with Crippen LogP contribution in [0.3, 0.4) is 0 Å². The normalized spacial score (nSPS) is 14.8. The predicted molar refractivity (Wildman–Crippen MR) is 53.6 cm³/mol. The second kappa shape index (κ2) is 3.32. The third kappa shape index (κ3) is 1.36. The molecule has 0 unspecified atom stereocenters. The number of aliphatic hydroxyl groups excluding tert-OH is 1. The lowest BCUT2D eigenvalue weighted by Gasteiger charge is -2.03. The van der Waals surface area contributed by atoms with Crippen LogP contribution in [-0.4, -0.2) is 5.11 Å². The molecule has 1 aromatic rings. The number of ether oxygens (including phenoxy) is 1. The average molecular weight is 276 g/mol. The molecule has 0 aromatic heterocycles. The fourth-order valence-corrected chi connectivity index (χ4v) is 2.07. The Morgan fingerprint density at radius 2 is 2.00 bits per heavy atom. The summed E-state index contributed by atoms with van der Waals surface area (Å²) in [6.07, 6.45) is 0. The molecule has 1 heterocycles. The van der Waals surface area contributed by atoms with Crippen molar-refractivity contribution in [1.29, 1.82) is 0 Å². The van der Waals surface area contributed by atoms with Gasteiger partial charge in [-0.15, -0.1) is 0 Å². The first-order valence-electron chi connectivity index (χ1n) is 3.80. The molecule has 64 valence electrons. The molecule has 1 aromatic carbocycles. The highest BCUT2D eigenvalue weighted by Crippen LogP contribution is 2.24. The van der Waals surface area contributed by atoms with Gasteiger partial charge in [-0.05, 0) is 51.4 Å². The van der Waals surface area contributed by atoms with Crippen LogP contribution in [0.4, 0.5) is 0 Å². The monoisotopic (exact) mass is 276 g/mol. The molecule has 1 N–H and O–H groups in total. The van der Waals surface area contributed by atoms with Crippen molar-refractivity contribution in [1.82, 2.24) is 0 Å². The first-order valence-corrected chi connectivity index (χ1v) is 4.88. The Kier molecular flexibility index (Phi) is 2.34. The predicted octanol–water partition coefficient (Wildman–Crippen LogP) is 1.81. The molecule has 0 bridgehead atoms. The third-order valence-corrected chi connectivity index (χ3v) is 3.06. The largest absolute Gasteiger partial charge is 0.392 e. The lowest BCUT2D eigenvalue weighted by Crippen LogP contribution is -1.92. The van der Waals surface area contributed by atoms with Crippen molar-refractivity contribution in [2.24, 2.45) is 0 Å². The Balaban J connectivity index is 2.49. The minimum atomic E-state index is 0.117. The highest BCUT2D eigenvalue weighted by molar-refractivity contribution is 14.1. The van der Waals surface area contributed by atoms with Gasteiger partial charge < -0.3 is 9.84 Å². The maximum absolute atomic E-state index is 9.00. The molecule has 2 rings (SSSR count). The number of benzene rings is 1. The van der Waals surface area contributed by atoms with Crippen LogP contribution < -0.4 is 0 Å². The van der Waals surface area contributed by atoms with E-state index in [1.54, 1.807) is 0 Å². The summed E-state index contributed by atoms with van der Waals surface area (Å²) in [7, 11) is 0. The molecule has 1 aliphatic heterocycles. The fourth-order valence-electron chi connectivity index (χ4n) is 1.37. The number of hydrogen-bond donors (Lipinski definition) is 1. The maximum Gasteiger partial charge on any atom is 0.0725 e.